The summed E-state index contributed by atoms with van der Waals surface area (Å²) < 4.78 is 11.3. The van der Waals surface area contributed by atoms with Gasteiger partial charge in [0.15, 0.2) is 0 Å². The maximum atomic E-state index is 12.7. The predicted octanol–water partition coefficient (Wildman–Crippen LogP) is 4.80. The van der Waals surface area contributed by atoms with E-state index in [1.807, 2.05) is 31.2 Å². The topological polar surface area (TPSA) is 80.5 Å². The van der Waals surface area contributed by atoms with E-state index in [1.165, 1.54) is 11.1 Å². The summed E-state index contributed by atoms with van der Waals surface area (Å²) >= 11 is 5.94. The number of hydrogen-bond donors (Lipinski definition) is 1. The first-order valence-corrected chi connectivity index (χ1v) is 12.1. The zero-order valence-corrected chi connectivity index (χ0v) is 20.6. The fourth-order valence-corrected chi connectivity index (χ4v) is 4.13. The molecule has 1 fully saturated rings. The number of likely N-dealkylation sites (tertiary alicyclic amines) is 1. The number of rotatable bonds is 8. The lowest BCUT2D eigenvalue weighted by atomic mass is 9.95. The van der Waals surface area contributed by atoms with E-state index in [0.717, 1.165) is 37.2 Å². The van der Waals surface area contributed by atoms with E-state index in [-0.39, 0.29) is 17.9 Å². The van der Waals surface area contributed by atoms with Crippen molar-refractivity contribution in [2.75, 3.05) is 19.7 Å². The molecule has 1 aliphatic rings. The van der Waals surface area contributed by atoms with Crippen LogP contribution >= 0.6 is 11.6 Å². The van der Waals surface area contributed by atoms with E-state index < -0.39 is 0 Å². The van der Waals surface area contributed by atoms with E-state index in [4.69, 9.17) is 20.9 Å². The van der Waals surface area contributed by atoms with Crippen LogP contribution in [0.1, 0.15) is 36.8 Å². The van der Waals surface area contributed by atoms with Gasteiger partial charge in [0, 0.05) is 16.5 Å². The lowest BCUT2D eigenvalue weighted by Gasteiger charge is -2.30. The molecule has 1 saturated heterocycles. The summed E-state index contributed by atoms with van der Waals surface area (Å²) in [6, 6.07) is 13.3. The van der Waals surface area contributed by atoms with Crippen LogP contribution in [0.15, 0.2) is 47.0 Å². The highest BCUT2D eigenvalue weighted by molar-refractivity contribution is 6.30. The summed E-state index contributed by atoms with van der Waals surface area (Å²) in [5.74, 6) is 2.06. The molecule has 8 heteroatoms. The Bertz CT molecular complexity index is 1110. The van der Waals surface area contributed by atoms with Gasteiger partial charge in [0.05, 0.1) is 12.6 Å². The minimum atomic E-state index is -0.0585. The molecule has 7 nitrogen and oxygen atoms in total. The molecule has 3 aromatic rings. The first kappa shape index (κ1) is 24.2. The Balaban J connectivity index is 1.20. The molecule has 34 heavy (non-hydrogen) atoms. The van der Waals surface area contributed by atoms with E-state index in [2.05, 4.69) is 40.3 Å². The Hall–Kier alpha value is -2.90. The third kappa shape index (κ3) is 6.36. The number of nitrogens with zero attached hydrogens (tertiary/aromatic N) is 3. The summed E-state index contributed by atoms with van der Waals surface area (Å²) in [6.07, 6.45) is 1.60. The highest BCUT2D eigenvalue weighted by Gasteiger charge is 2.27. The molecule has 1 aromatic heterocycles. The molecule has 0 bridgehead atoms. The van der Waals surface area contributed by atoms with Crippen molar-refractivity contribution in [3.63, 3.8) is 0 Å². The van der Waals surface area contributed by atoms with Crippen LogP contribution in [0.25, 0.3) is 11.4 Å². The molecule has 0 radical (unpaired) electrons. The Morgan fingerprint density at radius 2 is 1.91 bits per heavy atom. The molecule has 1 aliphatic heterocycles. The van der Waals surface area contributed by atoms with Crippen LogP contribution in [-0.2, 0) is 11.3 Å². The second-order valence-corrected chi connectivity index (χ2v) is 9.47. The number of halogens is 1. The van der Waals surface area contributed by atoms with Gasteiger partial charge in [-0.3, -0.25) is 9.69 Å². The normalized spacial score (nSPS) is 15.8. The molecular weight excluding hydrogens is 452 g/mol. The monoisotopic (exact) mass is 482 g/mol. The zero-order valence-electron chi connectivity index (χ0n) is 19.9. The minimum absolute atomic E-state index is 0.00707. The molecule has 2 heterocycles. The quantitative estimate of drug-likeness (QED) is 0.496. The number of piperidine rings is 1. The molecular formula is C26H31ClN4O3. The summed E-state index contributed by atoms with van der Waals surface area (Å²) in [7, 11) is 0. The van der Waals surface area contributed by atoms with Crippen molar-refractivity contribution < 1.29 is 14.1 Å². The van der Waals surface area contributed by atoms with Crippen LogP contribution in [0, 0.1) is 19.8 Å². The largest absolute Gasteiger partial charge is 0.491 e. The maximum absolute atomic E-state index is 12.7. The average molecular weight is 483 g/mol. The van der Waals surface area contributed by atoms with Gasteiger partial charge >= 0.3 is 0 Å². The smallest absolute Gasteiger partial charge is 0.241 e. The fourth-order valence-electron chi connectivity index (χ4n) is 4.01. The molecule has 1 atom stereocenters. The number of ether oxygens (including phenoxy) is 1. The van der Waals surface area contributed by atoms with Gasteiger partial charge < -0.3 is 14.6 Å². The van der Waals surface area contributed by atoms with Crippen LogP contribution in [0.5, 0.6) is 5.75 Å². The lowest BCUT2D eigenvalue weighted by Crippen LogP contribution is -2.44. The molecule has 0 saturated carbocycles. The van der Waals surface area contributed by atoms with Crippen molar-refractivity contribution in [1.29, 1.82) is 0 Å². The van der Waals surface area contributed by atoms with Crippen molar-refractivity contribution in [2.45, 2.75) is 46.2 Å². The number of benzene rings is 2. The summed E-state index contributed by atoms with van der Waals surface area (Å²) in [6.45, 7) is 8.76. The van der Waals surface area contributed by atoms with Gasteiger partial charge in [-0.1, -0.05) is 22.8 Å². The number of amides is 1. The highest BCUT2D eigenvalue weighted by Crippen LogP contribution is 2.22. The fraction of sp³-hybridized carbons (Fsp3) is 0.423. The summed E-state index contributed by atoms with van der Waals surface area (Å²) in [4.78, 5) is 19.5. The van der Waals surface area contributed by atoms with Crippen molar-refractivity contribution in [3.05, 3.63) is 64.5 Å². The summed E-state index contributed by atoms with van der Waals surface area (Å²) in [5.41, 5.74) is 3.30. The number of hydrogen-bond acceptors (Lipinski definition) is 6. The third-order valence-corrected chi connectivity index (χ3v) is 6.51. The molecule has 0 aliphatic carbocycles. The first-order chi connectivity index (χ1) is 16.4. The molecule has 0 spiro atoms. The van der Waals surface area contributed by atoms with Crippen LogP contribution in [-0.4, -0.2) is 46.7 Å². The SMILES string of the molecule is Cc1ccc(OCC(C)NC(=O)C2CCN(Cc3nc(-c4ccc(Cl)cc4)no3)CC2)cc1C. The number of nitrogens with one attached hydrogen (secondary N) is 1. The van der Waals surface area contributed by atoms with Gasteiger partial charge in [0.2, 0.25) is 17.6 Å². The number of aryl methyl sites for hydroxylation is 2. The van der Waals surface area contributed by atoms with Crippen molar-refractivity contribution in [2.24, 2.45) is 5.92 Å². The molecule has 1 amide bonds. The molecule has 1 N–H and O–H groups in total. The number of aromatic nitrogens is 2. The van der Waals surface area contributed by atoms with Gasteiger partial charge in [-0.25, -0.2) is 0 Å². The van der Waals surface area contributed by atoms with Gasteiger partial charge in [0.25, 0.3) is 0 Å². The van der Waals surface area contributed by atoms with E-state index >= 15 is 0 Å². The number of carbonyl (C=O) groups is 1. The van der Waals surface area contributed by atoms with Gasteiger partial charge in [-0.05, 0) is 94.2 Å². The van der Waals surface area contributed by atoms with Crippen LogP contribution in [0.3, 0.4) is 0 Å². The molecule has 4 rings (SSSR count). The Morgan fingerprint density at radius 1 is 1.18 bits per heavy atom. The van der Waals surface area contributed by atoms with Crippen molar-refractivity contribution >= 4 is 17.5 Å². The van der Waals surface area contributed by atoms with Crippen LogP contribution in [0.2, 0.25) is 5.02 Å². The third-order valence-electron chi connectivity index (χ3n) is 6.25. The highest BCUT2D eigenvalue weighted by atomic mass is 35.5. The maximum Gasteiger partial charge on any atom is 0.241 e. The average Bonchev–Trinajstić information content (AvgIpc) is 3.29. The van der Waals surface area contributed by atoms with E-state index in [9.17, 15) is 4.79 Å². The first-order valence-electron chi connectivity index (χ1n) is 11.7. The molecule has 180 valence electrons. The Morgan fingerprint density at radius 3 is 2.62 bits per heavy atom. The lowest BCUT2D eigenvalue weighted by molar-refractivity contribution is -0.127. The van der Waals surface area contributed by atoms with Gasteiger partial charge in [-0.2, -0.15) is 4.98 Å². The second kappa shape index (κ2) is 11.0. The van der Waals surface area contributed by atoms with Crippen LogP contribution < -0.4 is 10.1 Å². The van der Waals surface area contributed by atoms with Crippen molar-refractivity contribution in [1.82, 2.24) is 20.4 Å². The second-order valence-electron chi connectivity index (χ2n) is 9.04. The summed E-state index contributed by atoms with van der Waals surface area (Å²) in [5, 5.41) is 7.85. The Kier molecular flexibility index (Phi) is 7.85. The predicted molar refractivity (Wildman–Crippen MR) is 132 cm³/mol. The zero-order chi connectivity index (χ0) is 24.1. The molecule has 1 unspecified atom stereocenters. The standard InChI is InChI=1S/C26H31ClN4O3/c1-17-4-9-23(14-18(17)2)33-16-19(3)28-26(32)21-10-12-31(13-11-21)15-24-29-25(30-34-24)20-5-7-22(27)8-6-20/h4-9,14,19,21H,10-13,15-16H2,1-3H3,(H,28,32). The van der Waals surface area contributed by atoms with Crippen molar-refractivity contribution in [3.8, 4) is 17.1 Å². The minimum Gasteiger partial charge on any atom is -0.491 e. The Labute approximate surface area is 205 Å². The van der Waals surface area contributed by atoms with Gasteiger partial charge in [-0.15, -0.1) is 0 Å². The van der Waals surface area contributed by atoms with Crippen LogP contribution in [0.4, 0.5) is 0 Å². The van der Waals surface area contributed by atoms with E-state index in [0.29, 0.717) is 29.9 Å². The van der Waals surface area contributed by atoms with Gasteiger partial charge in [0.1, 0.15) is 12.4 Å². The number of carbonyl (C=O) groups excluding carboxylic acids is 1. The van der Waals surface area contributed by atoms with E-state index in [1.54, 1.807) is 12.1 Å². The molecule has 2 aromatic carbocycles.